The molecule has 1 atom stereocenters. The molecule has 0 aliphatic carbocycles. The van der Waals surface area contributed by atoms with E-state index in [2.05, 4.69) is 13.0 Å². The lowest BCUT2D eigenvalue weighted by Crippen LogP contribution is -2.22. The molecule has 3 aromatic carbocycles. The Bertz CT molecular complexity index is 1400. The zero-order valence-corrected chi connectivity index (χ0v) is 22.1. The van der Waals surface area contributed by atoms with Crippen molar-refractivity contribution in [1.29, 1.82) is 5.26 Å². The Morgan fingerprint density at radius 1 is 1.05 bits per heavy atom. The van der Waals surface area contributed by atoms with E-state index in [1.807, 2.05) is 31.2 Å². The Balaban J connectivity index is 1.55. The zero-order chi connectivity index (χ0) is 27.1. The van der Waals surface area contributed by atoms with Crippen LogP contribution in [-0.4, -0.2) is 19.2 Å². The molecule has 1 unspecified atom stereocenters. The summed E-state index contributed by atoms with van der Waals surface area (Å²) in [5, 5.41) is 10.5. The summed E-state index contributed by atoms with van der Waals surface area (Å²) < 4.78 is 22.9. The normalized spacial score (nSPS) is 14.2. The third kappa shape index (κ3) is 6.21. The summed E-state index contributed by atoms with van der Waals surface area (Å²) in [6.07, 6.45) is 3.11. The van der Waals surface area contributed by atoms with Crippen molar-refractivity contribution >= 4 is 17.6 Å². The maximum Gasteiger partial charge on any atom is 0.349 e. The standard InChI is InChI=1S/C30H29ClN2O5/c1-3-4-7-14-35-26-9-6-5-8-22(26)29-23-12-11-21(16-27(23)38-30(33)24(29)17-32)37-28(34)18-36-25-13-10-20(31)15-19(25)2/h5-6,8-13,15-16,29H,3-4,7,14,18,33H2,1-2H3. The minimum absolute atomic E-state index is 0.00388. The average molecular weight is 533 g/mol. The molecule has 0 amide bonds. The third-order valence-electron chi connectivity index (χ3n) is 6.14. The van der Waals surface area contributed by atoms with Gasteiger partial charge in [-0.25, -0.2) is 4.79 Å². The number of ether oxygens (including phenoxy) is 4. The van der Waals surface area contributed by atoms with Crippen LogP contribution in [0.3, 0.4) is 0 Å². The van der Waals surface area contributed by atoms with E-state index in [4.69, 9.17) is 36.3 Å². The van der Waals surface area contributed by atoms with E-state index in [1.54, 1.807) is 36.4 Å². The van der Waals surface area contributed by atoms with Crippen molar-refractivity contribution in [2.45, 2.75) is 39.0 Å². The molecule has 1 aliphatic rings. The molecule has 0 bridgehead atoms. The Morgan fingerprint density at radius 3 is 2.63 bits per heavy atom. The SMILES string of the molecule is CCCCCOc1ccccc1C1C(C#N)=C(N)Oc2cc(OC(=O)COc3ccc(Cl)cc3C)ccc21. The molecule has 8 heteroatoms. The largest absolute Gasteiger partial charge is 0.493 e. The second-order valence-corrected chi connectivity index (χ2v) is 9.33. The van der Waals surface area contributed by atoms with E-state index in [9.17, 15) is 10.1 Å². The van der Waals surface area contributed by atoms with Gasteiger partial charge in [0, 0.05) is 22.2 Å². The first-order valence-electron chi connectivity index (χ1n) is 12.4. The molecule has 0 saturated heterocycles. The average Bonchev–Trinajstić information content (AvgIpc) is 2.90. The molecule has 0 radical (unpaired) electrons. The van der Waals surface area contributed by atoms with Gasteiger partial charge >= 0.3 is 5.97 Å². The van der Waals surface area contributed by atoms with E-state index in [1.165, 1.54) is 0 Å². The number of rotatable bonds is 10. The van der Waals surface area contributed by atoms with Gasteiger partial charge in [-0.2, -0.15) is 5.26 Å². The van der Waals surface area contributed by atoms with Gasteiger partial charge in [-0.05, 0) is 49.2 Å². The Labute approximate surface area is 227 Å². The number of hydrogen-bond donors (Lipinski definition) is 1. The second-order valence-electron chi connectivity index (χ2n) is 8.89. The lowest BCUT2D eigenvalue weighted by Gasteiger charge is -2.28. The molecule has 38 heavy (non-hydrogen) atoms. The van der Waals surface area contributed by atoms with E-state index in [0.717, 1.165) is 30.4 Å². The highest BCUT2D eigenvalue weighted by Gasteiger charge is 2.33. The van der Waals surface area contributed by atoms with Crippen LogP contribution in [0.1, 0.15) is 48.8 Å². The first-order valence-corrected chi connectivity index (χ1v) is 12.8. The molecule has 1 aliphatic heterocycles. The molecular formula is C30H29ClN2O5. The van der Waals surface area contributed by atoms with Gasteiger partial charge in [0.2, 0.25) is 5.88 Å². The van der Waals surface area contributed by atoms with Crippen molar-refractivity contribution in [2.24, 2.45) is 5.73 Å². The topological polar surface area (TPSA) is 104 Å². The highest BCUT2D eigenvalue weighted by Crippen LogP contribution is 2.45. The number of nitrogens with zero attached hydrogens (tertiary/aromatic N) is 1. The first-order chi connectivity index (χ1) is 18.4. The molecular weight excluding hydrogens is 504 g/mol. The number of para-hydroxylation sites is 1. The number of esters is 1. The fourth-order valence-electron chi connectivity index (χ4n) is 4.28. The molecule has 0 fully saturated rings. The molecule has 0 saturated carbocycles. The highest BCUT2D eigenvalue weighted by atomic mass is 35.5. The van der Waals surface area contributed by atoms with Crippen LogP contribution in [0.25, 0.3) is 0 Å². The Kier molecular flexibility index (Phi) is 8.77. The van der Waals surface area contributed by atoms with Gasteiger partial charge < -0.3 is 24.7 Å². The number of unbranched alkanes of at least 4 members (excludes halogenated alkanes) is 2. The third-order valence-corrected chi connectivity index (χ3v) is 6.38. The van der Waals surface area contributed by atoms with Gasteiger partial charge in [-0.1, -0.05) is 55.6 Å². The van der Waals surface area contributed by atoms with E-state index in [0.29, 0.717) is 40.0 Å². The van der Waals surface area contributed by atoms with Crippen LogP contribution >= 0.6 is 11.6 Å². The van der Waals surface area contributed by atoms with Crippen molar-refractivity contribution in [3.8, 4) is 29.1 Å². The maximum absolute atomic E-state index is 12.5. The molecule has 0 spiro atoms. The number of allylic oxidation sites excluding steroid dienone is 1. The Morgan fingerprint density at radius 2 is 1.87 bits per heavy atom. The van der Waals surface area contributed by atoms with Crippen molar-refractivity contribution in [3.05, 3.63) is 93.8 Å². The summed E-state index contributed by atoms with van der Waals surface area (Å²) >= 11 is 5.97. The fraction of sp³-hybridized carbons (Fsp3) is 0.267. The molecule has 1 heterocycles. The number of nitriles is 1. The first kappa shape index (κ1) is 26.9. The van der Waals surface area contributed by atoms with Crippen LogP contribution < -0.4 is 24.7 Å². The van der Waals surface area contributed by atoms with Gasteiger partial charge in [0.15, 0.2) is 6.61 Å². The van der Waals surface area contributed by atoms with E-state index >= 15 is 0 Å². The van der Waals surface area contributed by atoms with Crippen LogP contribution in [0.5, 0.6) is 23.0 Å². The van der Waals surface area contributed by atoms with Gasteiger partial charge in [0.05, 0.1) is 12.5 Å². The number of carbonyl (C=O) groups excluding carboxylic acids is 1. The molecule has 3 aromatic rings. The van der Waals surface area contributed by atoms with Crippen LogP contribution in [0, 0.1) is 18.3 Å². The lowest BCUT2D eigenvalue weighted by atomic mass is 9.83. The lowest BCUT2D eigenvalue weighted by molar-refractivity contribution is -0.136. The molecule has 0 aromatic heterocycles. The quantitative estimate of drug-likeness (QED) is 0.182. The number of hydrogen-bond acceptors (Lipinski definition) is 7. The maximum atomic E-state index is 12.5. The number of nitrogens with two attached hydrogens (primary N) is 1. The van der Waals surface area contributed by atoms with Crippen molar-refractivity contribution in [1.82, 2.24) is 0 Å². The van der Waals surface area contributed by atoms with Crippen LogP contribution in [0.4, 0.5) is 0 Å². The van der Waals surface area contributed by atoms with Crippen molar-refractivity contribution in [3.63, 3.8) is 0 Å². The number of benzene rings is 3. The summed E-state index contributed by atoms with van der Waals surface area (Å²) in [6, 6.07) is 19.9. The van der Waals surface area contributed by atoms with Crippen LogP contribution in [0.15, 0.2) is 72.1 Å². The highest BCUT2D eigenvalue weighted by molar-refractivity contribution is 6.30. The molecule has 4 rings (SSSR count). The van der Waals surface area contributed by atoms with Gasteiger partial charge in [-0.15, -0.1) is 0 Å². The van der Waals surface area contributed by atoms with Crippen molar-refractivity contribution < 1.29 is 23.7 Å². The summed E-state index contributed by atoms with van der Waals surface area (Å²) in [7, 11) is 0. The smallest absolute Gasteiger partial charge is 0.349 e. The number of fused-ring (bicyclic) bond motifs is 1. The van der Waals surface area contributed by atoms with Crippen molar-refractivity contribution in [2.75, 3.05) is 13.2 Å². The summed E-state index contributed by atoms with van der Waals surface area (Å²) in [5.41, 5.74) is 8.79. The summed E-state index contributed by atoms with van der Waals surface area (Å²) in [6.45, 7) is 4.27. The number of carbonyl (C=O) groups is 1. The predicted molar refractivity (Wildman–Crippen MR) is 145 cm³/mol. The monoisotopic (exact) mass is 532 g/mol. The summed E-state index contributed by atoms with van der Waals surface area (Å²) in [4.78, 5) is 12.5. The second kappa shape index (κ2) is 12.4. The number of halogens is 1. The minimum Gasteiger partial charge on any atom is -0.493 e. The van der Waals surface area contributed by atoms with Gasteiger partial charge in [-0.3, -0.25) is 0 Å². The fourth-order valence-corrected chi connectivity index (χ4v) is 4.50. The van der Waals surface area contributed by atoms with E-state index in [-0.39, 0.29) is 18.2 Å². The van der Waals surface area contributed by atoms with E-state index < -0.39 is 11.9 Å². The molecule has 7 nitrogen and oxygen atoms in total. The molecule has 2 N–H and O–H groups in total. The predicted octanol–water partition coefficient (Wildman–Crippen LogP) is 6.42. The molecule has 196 valence electrons. The number of aryl methyl sites for hydroxylation is 1. The van der Waals surface area contributed by atoms with Gasteiger partial charge in [0.25, 0.3) is 0 Å². The summed E-state index contributed by atoms with van der Waals surface area (Å²) in [5.74, 6) is 0.808. The van der Waals surface area contributed by atoms with Crippen LogP contribution in [0.2, 0.25) is 5.02 Å². The van der Waals surface area contributed by atoms with Gasteiger partial charge in [0.1, 0.15) is 34.6 Å². The Hall–Kier alpha value is -4.15. The van der Waals surface area contributed by atoms with Crippen LogP contribution in [-0.2, 0) is 4.79 Å². The zero-order valence-electron chi connectivity index (χ0n) is 21.3. The minimum atomic E-state index is -0.585.